The Morgan fingerprint density at radius 1 is 1.64 bits per heavy atom. The lowest BCUT2D eigenvalue weighted by atomic mass is 10.3. The molecule has 0 N–H and O–H groups in total. The first kappa shape index (κ1) is 7.85. The van der Waals surface area contributed by atoms with Crippen LogP contribution in [0.1, 0.15) is 11.3 Å². The molecule has 3 nitrogen and oxygen atoms in total. The molecule has 1 heterocycles. The van der Waals surface area contributed by atoms with Crippen molar-refractivity contribution in [2.24, 2.45) is 7.05 Å². The van der Waals surface area contributed by atoms with Gasteiger partial charge in [-0.25, -0.2) is 0 Å². The molecule has 0 saturated heterocycles. The van der Waals surface area contributed by atoms with E-state index in [1.165, 1.54) is 0 Å². The summed E-state index contributed by atoms with van der Waals surface area (Å²) in [6.45, 7) is 2.02. The van der Waals surface area contributed by atoms with Gasteiger partial charge in [-0.05, 0) is 13.0 Å². The third-order valence-electron chi connectivity index (χ3n) is 1.66. The summed E-state index contributed by atoms with van der Waals surface area (Å²) in [5, 5.41) is 4.08. The molecule has 0 unspecified atom stereocenters. The lowest BCUT2D eigenvalue weighted by Crippen LogP contribution is -1.92. The number of methoxy groups -OCH3 is 1. The molecule has 0 radical (unpaired) electrons. The van der Waals surface area contributed by atoms with Gasteiger partial charge >= 0.3 is 0 Å². The molecule has 0 aliphatic rings. The number of aryl methyl sites for hydroxylation is 1. The van der Waals surface area contributed by atoms with Gasteiger partial charge in [0.15, 0.2) is 0 Å². The zero-order valence-corrected chi connectivity index (χ0v) is 7.03. The second-order valence-electron chi connectivity index (χ2n) is 2.35. The van der Waals surface area contributed by atoms with Gasteiger partial charge in [0.05, 0.1) is 19.6 Å². The third-order valence-corrected chi connectivity index (χ3v) is 1.66. The fourth-order valence-corrected chi connectivity index (χ4v) is 0.821. The highest BCUT2D eigenvalue weighted by atomic mass is 16.5. The number of rotatable bonds is 2. The average Bonchev–Trinajstić information content (AvgIpc) is 2.31. The van der Waals surface area contributed by atoms with Gasteiger partial charge in [-0.2, -0.15) is 5.10 Å². The predicted octanol–water partition coefficient (Wildman–Crippen LogP) is 1.35. The average molecular weight is 152 g/mol. The Kier molecular flexibility index (Phi) is 2.31. The maximum Gasteiger partial charge on any atom is 0.0831 e. The summed E-state index contributed by atoms with van der Waals surface area (Å²) >= 11 is 0. The zero-order chi connectivity index (χ0) is 8.27. The molecule has 60 valence electrons. The number of aromatic nitrogens is 2. The van der Waals surface area contributed by atoms with Crippen molar-refractivity contribution in [3.05, 3.63) is 23.7 Å². The Labute approximate surface area is 66.3 Å². The van der Waals surface area contributed by atoms with Crippen molar-refractivity contribution in [1.29, 1.82) is 0 Å². The number of nitrogens with zero attached hydrogens (tertiary/aromatic N) is 2. The SMILES string of the molecule is CO/C=C/c1cnn(C)c1C. The number of ether oxygens (including phenoxy) is 1. The van der Waals surface area contributed by atoms with E-state index in [1.54, 1.807) is 13.4 Å². The lowest BCUT2D eigenvalue weighted by molar-refractivity contribution is 0.341. The summed E-state index contributed by atoms with van der Waals surface area (Å²) in [5.74, 6) is 0. The fourth-order valence-electron chi connectivity index (χ4n) is 0.821. The largest absolute Gasteiger partial charge is 0.504 e. The van der Waals surface area contributed by atoms with Gasteiger partial charge < -0.3 is 4.74 Å². The van der Waals surface area contributed by atoms with E-state index in [0.717, 1.165) is 11.3 Å². The first-order valence-corrected chi connectivity index (χ1v) is 3.43. The van der Waals surface area contributed by atoms with E-state index in [1.807, 2.05) is 30.9 Å². The van der Waals surface area contributed by atoms with Crippen molar-refractivity contribution < 1.29 is 4.74 Å². The van der Waals surface area contributed by atoms with Crippen LogP contribution < -0.4 is 0 Å². The molecule has 0 spiro atoms. The van der Waals surface area contributed by atoms with Crippen molar-refractivity contribution >= 4 is 6.08 Å². The molecule has 0 aliphatic carbocycles. The molecular formula is C8H12N2O. The minimum Gasteiger partial charge on any atom is -0.504 e. The van der Waals surface area contributed by atoms with Gasteiger partial charge in [-0.3, -0.25) is 4.68 Å². The lowest BCUT2D eigenvalue weighted by Gasteiger charge is -1.93. The van der Waals surface area contributed by atoms with Gasteiger partial charge in [-0.1, -0.05) is 0 Å². The maximum absolute atomic E-state index is 4.79. The van der Waals surface area contributed by atoms with Crippen LogP contribution in [-0.2, 0) is 11.8 Å². The Morgan fingerprint density at radius 2 is 2.36 bits per heavy atom. The monoisotopic (exact) mass is 152 g/mol. The standard InChI is InChI=1S/C8H12N2O/c1-7-8(4-5-11-3)6-9-10(7)2/h4-6H,1-3H3/b5-4+. The molecule has 0 fully saturated rings. The van der Waals surface area contributed by atoms with Crippen molar-refractivity contribution in [3.8, 4) is 0 Å². The summed E-state index contributed by atoms with van der Waals surface area (Å²) < 4.78 is 6.62. The van der Waals surface area contributed by atoms with Crippen LogP contribution in [0.2, 0.25) is 0 Å². The number of hydrogen-bond acceptors (Lipinski definition) is 2. The first-order chi connectivity index (χ1) is 5.25. The van der Waals surface area contributed by atoms with Gasteiger partial charge in [0.1, 0.15) is 0 Å². The van der Waals surface area contributed by atoms with Crippen LogP contribution in [0.4, 0.5) is 0 Å². The second kappa shape index (κ2) is 3.23. The van der Waals surface area contributed by atoms with Crippen molar-refractivity contribution in [2.75, 3.05) is 7.11 Å². The molecule has 1 rings (SSSR count). The minimum absolute atomic E-state index is 1.09. The number of hydrogen-bond donors (Lipinski definition) is 0. The summed E-state index contributed by atoms with van der Waals surface area (Å²) in [6.07, 6.45) is 5.34. The fraction of sp³-hybridized carbons (Fsp3) is 0.375. The van der Waals surface area contributed by atoms with Crippen molar-refractivity contribution in [2.45, 2.75) is 6.92 Å². The molecule has 0 saturated carbocycles. The Morgan fingerprint density at radius 3 is 2.82 bits per heavy atom. The van der Waals surface area contributed by atoms with Crippen LogP contribution >= 0.6 is 0 Å². The van der Waals surface area contributed by atoms with Crippen LogP contribution in [-0.4, -0.2) is 16.9 Å². The smallest absolute Gasteiger partial charge is 0.0831 e. The highest BCUT2D eigenvalue weighted by Crippen LogP contribution is 2.06. The Hall–Kier alpha value is -1.25. The van der Waals surface area contributed by atoms with E-state index in [0.29, 0.717) is 0 Å². The Bertz CT molecular complexity index is 263. The summed E-state index contributed by atoms with van der Waals surface area (Å²) in [5.41, 5.74) is 2.23. The van der Waals surface area contributed by atoms with Crippen LogP contribution in [0.3, 0.4) is 0 Å². The third kappa shape index (κ3) is 1.61. The van der Waals surface area contributed by atoms with E-state index >= 15 is 0 Å². The topological polar surface area (TPSA) is 27.1 Å². The highest BCUT2D eigenvalue weighted by molar-refractivity contribution is 5.49. The van der Waals surface area contributed by atoms with Crippen LogP contribution in [0, 0.1) is 6.92 Å². The Balaban J connectivity index is 2.87. The molecule has 0 aromatic carbocycles. The minimum atomic E-state index is 1.09. The van der Waals surface area contributed by atoms with E-state index in [2.05, 4.69) is 5.10 Å². The van der Waals surface area contributed by atoms with E-state index in [9.17, 15) is 0 Å². The maximum atomic E-state index is 4.79. The molecule has 0 atom stereocenters. The van der Waals surface area contributed by atoms with Crippen LogP contribution in [0.5, 0.6) is 0 Å². The zero-order valence-electron chi connectivity index (χ0n) is 7.03. The summed E-state index contributed by atoms with van der Waals surface area (Å²) in [6, 6.07) is 0. The van der Waals surface area contributed by atoms with Crippen LogP contribution in [0.15, 0.2) is 12.5 Å². The molecule has 0 bridgehead atoms. The highest BCUT2D eigenvalue weighted by Gasteiger charge is 1.97. The molecule has 1 aromatic rings. The molecule has 0 amide bonds. The summed E-state index contributed by atoms with van der Waals surface area (Å²) in [7, 11) is 3.54. The van der Waals surface area contributed by atoms with Crippen LogP contribution in [0.25, 0.3) is 6.08 Å². The molecule has 11 heavy (non-hydrogen) atoms. The van der Waals surface area contributed by atoms with E-state index in [-0.39, 0.29) is 0 Å². The van der Waals surface area contributed by atoms with Gasteiger partial charge in [0.2, 0.25) is 0 Å². The summed E-state index contributed by atoms with van der Waals surface area (Å²) in [4.78, 5) is 0. The second-order valence-corrected chi connectivity index (χ2v) is 2.35. The van der Waals surface area contributed by atoms with Crippen molar-refractivity contribution in [3.63, 3.8) is 0 Å². The van der Waals surface area contributed by atoms with Gasteiger partial charge in [-0.15, -0.1) is 0 Å². The van der Waals surface area contributed by atoms with Gasteiger partial charge in [0.25, 0.3) is 0 Å². The first-order valence-electron chi connectivity index (χ1n) is 3.43. The quantitative estimate of drug-likeness (QED) is 0.598. The molecule has 3 heteroatoms. The normalized spacial score (nSPS) is 10.8. The van der Waals surface area contributed by atoms with E-state index < -0.39 is 0 Å². The van der Waals surface area contributed by atoms with Gasteiger partial charge in [0, 0.05) is 18.3 Å². The van der Waals surface area contributed by atoms with Crippen molar-refractivity contribution in [1.82, 2.24) is 9.78 Å². The molecule has 1 aromatic heterocycles. The molecular weight excluding hydrogens is 140 g/mol. The predicted molar refractivity (Wildman–Crippen MR) is 44.0 cm³/mol. The van der Waals surface area contributed by atoms with E-state index in [4.69, 9.17) is 4.74 Å². The molecule has 0 aliphatic heterocycles.